The van der Waals surface area contributed by atoms with E-state index in [-0.39, 0.29) is 25.0 Å². The van der Waals surface area contributed by atoms with E-state index in [1.807, 2.05) is 30.3 Å². The second kappa shape index (κ2) is 8.88. The highest BCUT2D eigenvalue weighted by Gasteiger charge is 2.27. The van der Waals surface area contributed by atoms with E-state index in [4.69, 9.17) is 20.6 Å². The normalized spacial score (nSPS) is 16.0. The average Bonchev–Trinajstić information content (AvgIpc) is 2.72. The van der Waals surface area contributed by atoms with Gasteiger partial charge in [-0.25, -0.2) is 9.78 Å². The molecule has 150 valence electrons. The van der Waals surface area contributed by atoms with E-state index in [1.54, 1.807) is 7.11 Å². The van der Waals surface area contributed by atoms with Crippen LogP contribution in [-0.4, -0.2) is 66.7 Å². The molecule has 0 bridgehead atoms. The zero-order valence-electron chi connectivity index (χ0n) is 16.0. The summed E-state index contributed by atoms with van der Waals surface area (Å²) in [6.07, 6.45) is 1.19. The van der Waals surface area contributed by atoms with Gasteiger partial charge in [-0.15, -0.1) is 0 Å². The third-order valence-electron chi connectivity index (χ3n) is 5.35. The molecule has 1 aromatic carbocycles. The van der Waals surface area contributed by atoms with Gasteiger partial charge in [0, 0.05) is 31.1 Å². The fourth-order valence-corrected chi connectivity index (χ4v) is 3.68. The lowest BCUT2D eigenvalue weighted by atomic mass is 9.89. The number of nitrogens with zero attached hydrogens (tertiary/aromatic N) is 3. The van der Waals surface area contributed by atoms with Crippen LogP contribution < -0.4 is 15.4 Å². The minimum absolute atomic E-state index is 0.145. The monoisotopic (exact) mass is 386 g/mol. The molecule has 3 rings (SSSR count). The molecule has 0 radical (unpaired) electrons. The molecule has 3 N–H and O–H groups in total. The molecule has 1 atom stereocenters. The van der Waals surface area contributed by atoms with Gasteiger partial charge in [-0.2, -0.15) is 0 Å². The van der Waals surface area contributed by atoms with E-state index in [9.17, 15) is 9.59 Å². The first-order chi connectivity index (χ1) is 13.5. The molecule has 2 aromatic rings. The van der Waals surface area contributed by atoms with Crippen molar-refractivity contribution in [1.82, 2.24) is 9.88 Å². The molecule has 1 aliphatic heterocycles. The summed E-state index contributed by atoms with van der Waals surface area (Å²) < 4.78 is 5.25. The molecular weight excluding hydrogens is 360 g/mol. The predicted octanol–water partition coefficient (Wildman–Crippen LogP) is 1.97. The van der Waals surface area contributed by atoms with Gasteiger partial charge < -0.3 is 25.3 Å². The highest BCUT2D eigenvalue weighted by atomic mass is 16.5. The highest BCUT2D eigenvalue weighted by Crippen LogP contribution is 2.27. The number of carbonyl (C=O) groups is 2. The van der Waals surface area contributed by atoms with Gasteiger partial charge in [-0.1, -0.05) is 0 Å². The summed E-state index contributed by atoms with van der Waals surface area (Å²) in [6.45, 7) is 1.66. The van der Waals surface area contributed by atoms with Crippen molar-refractivity contribution in [2.75, 3.05) is 38.2 Å². The molecule has 1 unspecified atom stereocenters. The van der Waals surface area contributed by atoms with Crippen LogP contribution in [0.4, 0.5) is 10.6 Å². The van der Waals surface area contributed by atoms with Crippen molar-refractivity contribution < 1.29 is 19.4 Å². The Labute approximate surface area is 163 Å². The third kappa shape index (κ3) is 4.51. The zero-order chi connectivity index (χ0) is 20.1. The van der Waals surface area contributed by atoms with Crippen molar-refractivity contribution >= 4 is 29.1 Å². The largest absolute Gasteiger partial charge is 0.497 e. The fourth-order valence-electron chi connectivity index (χ4n) is 3.68. The molecule has 1 amide bonds. The number of aldehydes is 1. The van der Waals surface area contributed by atoms with Crippen LogP contribution >= 0.6 is 0 Å². The molecule has 8 heteroatoms. The smallest absolute Gasteiger partial charge is 0.407 e. The summed E-state index contributed by atoms with van der Waals surface area (Å²) in [4.78, 5) is 29.9. The molecular formula is C20H26N4O4. The first-order valence-electron chi connectivity index (χ1n) is 9.38. The molecule has 1 saturated heterocycles. The number of benzene rings is 1. The summed E-state index contributed by atoms with van der Waals surface area (Å²) in [5.74, 6) is 1.95. The molecule has 2 heterocycles. The summed E-state index contributed by atoms with van der Waals surface area (Å²) >= 11 is 0. The molecule has 1 aliphatic rings. The number of piperidine rings is 1. The molecule has 0 aliphatic carbocycles. The maximum atomic E-state index is 11.2. The van der Waals surface area contributed by atoms with Crippen molar-refractivity contribution in [3.05, 3.63) is 30.3 Å². The Kier molecular flexibility index (Phi) is 6.30. The molecule has 0 spiro atoms. The van der Waals surface area contributed by atoms with Crippen LogP contribution in [0.1, 0.15) is 12.8 Å². The Hall–Kier alpha value is -2.87. The van der Waals surface area contributed by atoms with Crippen molar-refractivity contribution in [2.24, 2.45) is 11.7 Å². The maximum Gasteiger partial charge on any atom is 0.407 e. The minimum Gasteiger partial charge on any atom is -0.497 e. The van der Waals surface area contributed by atoms with E-state index in [1.165, 1.54) is 0 Å². The average molecular weight is 386 g/mol. The van der Waals surface area contributed by atoms with Crippen LogP contribution in [0.2, 0.25) is 0 Å². The van der Waals surface area contributed by atoms with Crippen LogP contribution in [0.15, 0.2) is 30.3 Å². The van der Waals surface area contributed by atoms with Gasteiger partial charge in [-0.05, 0) is 49.1 Å². The number of aromatic nitrogens is 1. The number of fused-ring (bicyclic) bond motifs is 1. The number of ether oxygens (including phenoxy) is 1. The first-order valence-corrected chi connectivity index (χ1v) is 9.38. The minimum atomic E-state index is -1.11. The standard InChI is InChI=1S/C20H26N4O4/c1-28-16-3-4-18-15(12-16)2-5-19(22-18)23-8-6-14(7-9-23)17(21)13-24(10-11-25)20(26)27/h2-5,11-12,14,17H,6-10,13,21H2,1H3,(H,26,27). The van der Waals surface area contributed by atoms with Gasteiger partial charge in [0.2, 0.25) is 0 Å². The van der Waals surface area contributed by atoms with Crippen LogP contribution in [0.5, 0.6) is 5.75 Å². The third-order valence-corrected chi connectivity index (χ3v) is 5.35. The summed E-state index contributed by atoms with van der Waals surface area (Å²) in [5.41, 5.74) is 7.16. The first kappa shape index (κ1) is 19.9. The van der Waals surface area contributed by atoms with Crippen LogP contribution in [-0.2, 0) is 4.79 Å². The van der Waals surface area contributed by atoms with Crippen molar-refractivity contribution in [2.45, 2.75) is 18.9 Å². The van der Waals surface area contributed by atoms with E-state index >= 15 is 0 Å². The van der Waals surface area contributed by atoms with Crippen molar-refractivity contribution in [1.29, 1.82) is 0 Å². The quantitative estimate of drug-likeness (QED) is 0.700. The number of rotatable bonds is 7. The Morgan fingerprint density at radius 3 is 2.79 bits per heavy atom. The number of carboxylic acid groups (broad SMARTS) is 1. The SMILES string of the molecule is COc1ccc2nc(N3CCC(C(N)CN(CC=O)C(=O)O)CC3)ccc2c1. The van der Waals surface area contributed by atoms with E-state index in [0.717, 1.165) is 53.3 Å². The maximum absolute atomic E-state index is 11.2. The topological polar surface area (TPSA) is 109 Å². The summed E-state index contributed by atoms with van der Waals surface area (Å²) in [5, 5.41) is 10.2. The number of anilines is 1. The number of amides is 1. The number of carbonyl (C=O) groups excluding carboxylic acids is 1. The van der Waals surface area contributed by atoms with Gasteiger partial charge >= 0.3 is 6.09 Å². The molecule has 1 aromatic heterocycles. The zero-order valence-corrected chi connectivity index (χ0v) is 16.0. The van der Waals surface area contributed by atoms with Gasteiger partial charge in [0.25, 0.3) is 0 Å². The van der Waals surface area contributed by atoms with E-state index in [0.29, 0.717) is 6.29 Å². The van der Waals surface area contributed by atoms with Gasteiger partial charge in [0.05, 0.1) is 19.2 Å². The van der Waals surface area contributed by atoms with Crippen LogP contribution in [0.25, 0.3) is 10.9 Å². The van der Waals surface area contributed by atoms with Crippen LogP contribution in [0.3, 0.4) is 0 Å². The fraction of sp³-hybridized carbons (Fsp3) is 0.450. The predicted molar refractivity (Wildman–Crippen MR) is 107 cm³/mol. The lowest BCUT2D eigenvalue weighted by molar-refractivity contribution is -0.108. The second-order valence-corrected chi connectivity index (χ2v) is 7.07. The highest BCUT2D eigenvalue weighted by molar-refractivity contribution is 5.81. The summed E-state index contributed by atoms with van der Waals surface area (Å²) in [7, 11) is 1.65. The van der Waals surface area contributed by atoms with Gasteiger partial charge in [-0.3, -0.25) is 4.90 Å². The Morgan fingerprint density at radius 1 is 1.39 bits per heavy atom. The van der Waals surface area contributed by atoms with Crippen molar-refractivity contribution in [3.63, 3.8) is 0 Å². The van der Waals surface area contributed by atoms with E-state index < -0.39 is 6.09 Å². The Balaban J connectivity index is 1.61. The molecule has 0 saturated carbocycles. The Morgan fingerprint density at radius 2 is 2.14 bits per heavy atom. The summed E-state index contributed by atoms with van der Waals surface area (Å²) in [6, 6.07) is 9.59. The molecule has 8 nitrogen and oxygen atoms in total. The lowest BCUT2D eigenvalue weighted by Gasteiger charge is -2.36. The lowest BCUT2D eigenvalue weighted by Crippen LogP contribution is -2.48. The van der Waals surface area contributed by atoms with Crippen LogP contribution in [0, 0.1) is 5.92 Å². The van der Waals surface area contributed by atoms with Crippen molar-refractivity contribution in [3.8, 4) is 5.75 Å². The Bertz CT molecular complexity index is 836. The molecule has 28 heavy (non-hydrogen) atoms. The van der Waals surface area contributed by atoms with Gasteiger partial charge in [0.15, 0.2) is 0 Å². The van der Waals surface area contributed by atoms with Gasteiger partial charge in [0.1, 0.15) is 17.9 Å². The number of nitrogens with two attached hydrogens (primary N) is 1. The van der Waals surface area contributed by atoms with E-state index in [2.05, 4.69) is 4.90 Å². The number of methoxy groups -OCH3 is 1. The second-order valence-electron chi connectivity index (χ2n) is 7.07. The molecule has 1 fully saturated rings. The number of hydrogen-bond acceptors (Lipinski definition) is 6. The number of hydrogen-bond donors (Lipinski definition) is 2. The number of pyridine rings is 1.